The summed E-state index contributed by atoms with van der Waals surface area (Å²) in [6.45, 7) is 3.38. The van der Waals surface area contributed by atoms with E-state index in [1.54, 1.807) is 38.1 Å². The van der Waals surface area contributed by atoms with E-state index < -0.39 is 32.2 Å². The van der Waals surface area contributed by atoms with Crippen molar-refractivity contribution in [1.29, 1.82) is 5.26 Å². The molecule has 3 rings (SSSR count). The van der Waals surface area contributed by atoms with Gasteiger partial charge >= 0.3 is 0 Å². The fourth-order valence-electron chi connectivity index (χ4n) is 3.47. The van der Waals surface area contributed by atoms with Gasteiger partial charge in [0.05, 0.1) is 35.3 Å². The quantitative estimate of drug-likeness (QED) is 0.419. The van der Waals surface area contributed by atoms with E-state index in [4.69, 9.17) is 9.47 Å². The van der Waals surface area contributed by atoms with Gasteiger partial charge in [-0.1, -0.05) is 28.1 Å². The number of sulfone groups is 1. The fraction of sp³-hybridized carbons (Fsp3) is 0.292. The van der Waals surface area contributed by atoms with Crippen LogP contribution in [0.4, 0.5) is 0 Å². The highest BCUT2D eigenvalue weighted by Gasteiger charge is 2.32. The number of nitrogens with zero attached hydrogens (tertiary/aromatic N) is 3. The van der Waals surface area contributed by atoms with E-state index in [1.807, 2.05) is 6.07 Å². The van der Waals surface area contributed by atoms with Crippen LogP contribution in [0.25, 0.3) is 0 Å². The second-order valence-electron chi connectivity index (χ2n) is 7.88. The molecule has 0 bridgehead atoms. The maximum absolute atomic E-state index is 13.8. The third kappa shape index (κ3) is 5.79. The van der Waals surface area contributed by atoms with Gasteiger partial charge in [-0.25, -0.2) is 8.42 Å². The van der Waals surface area contributed by atoms with Crippen LogP contribution in [0, 0.1) is 11.3 Å². The van der Waals surface area contributed by atoms with Crippen molar-refractivity contribution in [3.05, 3.63) is 80.3 Å². The van der Waals surface area contributed by atoms with Crippen molar-refractivity contribution < 1.29 is 23.0 Å². The Hall–Kier alpha value is -3.04. The van der Waals surface area contributed by atoms with Gasteiger partial charge < -0.3 is 14.6 Å². The smallest absolute Gasteiger partial charge is 0.277 e. The number of halogens is 1. The van der Waals surface area contributed by atoms with Crippen molar-refractivity contribution in [1.82, 2.24) is 9.55 Å². The summed E-state index contributed by atoms with van der Waals surface area (Å²) >= 11 is 3.25. The Kier molecular flexibility index (Phi) is 8.45. The van der Waals surface area contributed by atoms with Gasteiger partial charge in [0, 0.05) is 11.6 Å². The van der Waals surface area contributed by atoms with Gasteiger partial charge in [-0.15, -0.1) is 0 Å². The Labute approximate surface area is 211 Å². The minimum atomic E-state index is -4.43. The Morgan fingerprint density at radius 3 is 2.49 bits per heavy atom. The number of rotatable bonds is 9. The van der Waals surface area contributed by atoms with Gasteiger partial charge in [0.25, 0.3) is 5.56 Å². The Balaban J connectivity index is 2.32. The van der Waals surface area contributed by atoms with Gasteiger partial charge in [-0.05, 0) is 55.8 Å². The van der Waals surface area contributed by atoms with Gasteiger partial charge in [0.1, 0.15) is 12.4 Å². The first-order valence-electron chi connectivity index (χ1n) is 10.6. The minimum Gasteiger partial charge on any atom is -0.492 e. The third-order valence-corrected chi connectivity index (χ3v) is 7.42. The number of ether oxygens (including phenoxy) is 2. The molecular weight excluding hydrogens is 538 g/mol. The molecule has 11 heteroatoms. The number of aromatic hydroxyl groups is 1. The predicted octanol–water partition coefficient (Wildman–Crippen LogP) is 3.58. The SMILES string of the molecule is COCC(c1cccc(C#N)c1)n1c(COC(C)C)nc(O)c(S(=O)(=O)c2ccc(Br)cc2)c1=O. The van der Waals surface area contributed by atoms with E-state index in [0.717, 1.165) is 4.57 Å². The van der Waals surface area contributed by atoms with Crippen LogP contribution in [0.5, 0.6) is 5.88 Å². The van der Waals surface area contributed by atoms with Crippen molar-refractivity contribution in [2.45, 2.75) is 42.4 Å². The van der Waals surface area contributed by atoms with Crippen LogP contribution in [-0.4, -0.2) is 42.9 Å². The second-order valence-corrected chi connectivity index (χ2v) is 10.7. The van der Waals surface area contributed by atoms with Crippen LogP contribution < -0.4 is 5.56 Å². The molecular formula is C24H24BrN3O6S. The number of hydrogen-bond donors (Lipinski definition) is 1. The molecule has 0 aliphatic heterocycles. The first-order valence-corrected chi connectivity index (χ1v) is 12.8. The monoisotopic (exact) mass is 561 g/mol. The summed E-state index contributed by atoms with van der Waals surface area (Å²) in [4.78, 5) is 16.8. The van der Waals surface area contributed by atoms with E-state index in [2.05, 4.69) is 20.9 Å². The highest BCUT2D eigenvalue weighted by Crippen LogP contribution is 2.28. The van der Waals surface area contributed by atoms with Crippen LogP contribution in [0.3, 0.4) is 0 Å². The number of methoxy groups -OCH3 is 1. The highest BCUT2D eigenvalue weighted by molar-refractivity contribution is 9.10. The minimum absolute atomic E-state index is 0.0142. The van der Waals surface area contributed by atoms with Crippen molar-refractivity contribution in [3.63, 3.8) is 0 Å². The van der Waals surface area contributed by atoms with Crippen molar-refractivity contribution in [2.75, 3.05) is 13.7 Å². The molecule has 1 aromatic heterocycles. The molecule has 9 nitrogen and oxygen atoms in total. The zero-order chi connectivity index (χ0) is 25.8. The lowest BCUT2D eigenvalue weighted by Gasteiger charge is -2.24. The molecule has 1 unspecified atom stereocenters. The summed E-state index contributed by atoms with van der Waals surface area (Å²) in [6.07, 6.45) is -0.225. The number of aromatic nitrogens is 2. The van der Waals surface area contributed by atoms with Gasteiger partial charge in [-0.2, -0.15) is 10.2 Å². The molecule has 1 N–H and O–H groups in total. The molecule has 184 valence electrons. The molecule has 0 saturated carbocycles. The van der Waals surface area contributed by atoms with E-state index >= 15 is 0 Å². The summed E-state index contributed by atoms with van der Waals surface area (Å²) in [5, 5.41) is 20.0. The Morgan fingerprint density at radius 2 is 1.89 bits per heavy atom. The lowest BCUT2D eigenvalue weighted by Crippen LogP contribution is -2.35. The average molecular weight is 562 g/mol. The molecule has 0 radical (unpaired) electrons. The van der Waals surface area contributed by atoms with E-state index in [1.165, 1.54) is 31.4 Å². The molecule has 0 fully saturated rings. The molecule has 35 heavy (non-hydrogen) atoms. The van der Waals surface area contributed by atoms with Crippen LogP contribution in [0.1, 0.15) is 36.8 Å². The van der Waals surface area contributed by atoms with Crippen molar-refractivity contribution >= 4 is 25.8 Å². The maximum atomic E-state index is 13.8. The molecule has 1 atom stereocenters. The molecule has 1 heterocycles. The number of nitriles is 1. The summed E-state index contributed by atoms with van der Waals surface area (Å²) in [6, 6.07) is 13.4. The molecule has 0 aliphatic rings. The summed E-state index contributed by atoms with van der Waals surface area (Å²) in [7, 11) is -3.00. The van der Waals surface area contributed by atoms with E-state index in [9.17, 15) is 23.6 Å². The highest BCUT2D eigenvalue weighted by atomic mass is 79.9. The van der Waals surface area contributed by atoms with Crippen LogP contribution >= 0.6 is 15.9 Å². The van der Waals surface area contributed by atoms with E-state index in [-0.39, 0.29) is 30.0 Å². The first kappa shape index (κ1) is 26.6. The summed E-state index contributed by atoms with van der Waals surface area (Å²) in [5.41, 5.74) is -0.100. The summed E-state index contributed by atoms with van der Waals surface area (Å²) in [5.74, 6) is -0.904. The molecule has 3 aromatic rings. The Morgan fingerprint density at radius 1 is 1.20 bits per heavy atom. The molecule has 0 saturated heterocycles. The van der Waals surface area contributed by atoms with Crippen LogP contribution in [-0.2, 0) is 25.9 Å². The fourth-order valence-corrected chi connectivity index (χ4v) is 5.08. The molecule has 0 spiro atoms. The summed E-state index contributed by atoms with van der Waals surface area (Å²) < 4.78 is 39.6. The van der Waals surface area contributed by atoms with E-state index in [0.29, 0.717) is 15.6 Å². The molecule has 0 aliphatic carbocycles. The van der Waals surface area contributed by atoms with Crippen molar-refractivity contribution in [3.8, 4) is 11.9 Å². The molecule has 0 amide bonds. The largest absolute Gasteiger partial charge is 0.492 e. The second kappa shape index (κ2) is 11.1. The molecule has 2 aromatic carbocycles. The Bertz CT molecular complexity index is 1410. The van der Waals surface area contributed by atoms with Crippen LogP contribution in [0.15, 0.2) is 67.6 Å². The zero-order valence-electron chi connectivity index (χ0n) is 19.3. The van der Waals surface area contributed by atoms with Gasteiger partial charge in [-0.3, -0.25) is 9.36 Å². The topological polar surface area (TPSA) is 132 Å². The van der Waals surface area contributed by atoms with Gasteiger partial charge in [0.15, 0.2) is 4.90 Å². The standard InChI is InChI=1S/C24H24BrN3O6S/c1-15(2)34-14-21-27-23(29)22(35(31,32)19-9-7-18(25)8-10-19)24(30)28(21)20(13-33-3)17-6-4-5-16(11-17)12-26/h4-11,15,20,29H,13-14H2,1-3H3. The van der Waals surface area contributed by atoms with Crippen LogP contribution in [0.2, 0.25) is 0 Å². The number of benzene rings is 2. The van der Waals surface area contributed by atoms with Crippen molar-refractivity contribution in [2.24, 2.45) is 0 Å². The number of hydrogen-bond acceptors (Lipinski definition) is 8. The average Bonchev–Trinajstić information content (AvgIpc) is 2.81. The first-order chi connectivity index (χ1) is 16.6. The zero-order valence-corrected chi connectivity index (χ0v) is 21.7. The lowest BCUT2D eigenvalue weighted by atomic mass is 10.0. The predicted molar refractivity (Wildman–Crippen MR) is 131 cm³/mol. The van der Waals surface area contributed by atoms with Gasteiger partial charge in [0.2, 0.25) is 15.7 Å². The third-order valence-electron chi connectivity index (χ3n) is 5.10. The maximum Gasteiger partial charge on any atom is 0.277 e. The lowest BCUT2D eigenvalue weighted by molar-refractivity contribution is 0.0557. The normalized spacial score (nSPS) is 12.5.